The second-order valence-corrected chi connectivity index (χ2v) is 14.3. The van der Waals surface area contributed by atoms with Crippen molar-refractivity contribution in [1.82, 2.24) is 0 Å². The normalized spacial score (nSPS) is 12.3. The highest BCUT2D eigenvalue weighted by Gasteiger charge is 2.19. The zero-order chi connectivity index (χ0) is 37.3. The van der Waals surface area contributed by atoms with Gasteiger partial charge < -0.3 is 14.2 Å². The fourth-order valence-electron chi connectivity index (χ4n) is 5.86. The minimum Gasteiger partial charge on any atom is -0.462 e. The van der Waals surface area contributed by atoms with Crippen molar-refractivity contribution in [1.29, 1.82) is 0 Å². The van der Waals surface area contributed by atoms with Gasteiger partial charge in [0, 0.05) is 19.3 Å². The van der Waals surface area contributed by atoms with E-state index in [0.717, 1.165) is 96.3 Å². The highest BCUT2D eigenvalue weighted by molar-refractivity contribution is 5.71. The lowest BCUT2D eigenvalue weighted by atomic mass is 10.1. The van der Waals surface area contributed by atoms with Crippen LogP contribution in [0.1, 0.15) is 213 Å². The Morgan fingerprint density at radius 2 is 0.706 bits per heavy atom. The molecular weight excluding hydrogens is 636 g/mol. The van der Waals surface area contributed by atoms with Crippen molar-refractivity contribution < 1.29 is 28.6 Å². The van der Waals surface area contributed by atoms with Crippen LogP contribution in [0, 0.1) is 0 Å². The van der Waals surface area contributed by atoms with E-state index >= 15 is 0 Å². The molecule has 6 nitrogen and oxygen atoms in total. The predicted octanol–water partition coefficient (Wildman–Crippen LogP) is 13.4. The number of esters is 3. The maximum atomic E-state index is 12.4. The van der Waals surface area contributed by atoms with Crippen LogP contribution in [-0.2, 0) is 28.6 Å². The zero-order valence-electron chi connectivity index (χ0n) is 33.6. The standard InChI is InChI=1S/C45H80O6/c1-4-7-10-13-14-15-16-17-18-19-20-21-22-23-24-25-26-27-28-29-30-33-35-38-44(47)50-41-42(51-45(48)39-36-32-12-9-6-3)40-49-43(46)37-34-31-11-8-5-2/h16-17,19-20,22-23,42H,4-15,18,21,24-41H2,1-3H3/b17-16-,20-19-,23-22-. The number of hydrogen-bond acceptors (Lipinski definition) is 6. The predicted molar refractivity (Wildman–Crippen MR) is 215 cm³/mol. The third-order valence-electron chi connectivity index (χ3n) is 9.15. The molecule has 0 fully saturated rings. The van der Waals surface area contributed by atoms with Crippen molar-refractivity contribution in [2.45, 2.75) is 219 Å². The number of hydrogen-bond donors (Lipinski definition) is 0. The minimum atomic E-state index is -0.763. The quantitative estimate of drug-likeness (QED) is 0.0274. The minimum absolute atomic E-state index is 0.0757. The average molecular weight is 717 g/mol. The fraction of sp³-hybridized carbons (Fsp3) is 0.800. The second kappa shape index (κ2) is 40.4. The third-order valence-corrected chi connectivity index (χ3v) is 9.15. The van der Waals surface area contributed by atoms with Crippen LogP contribution < -0.4 is 0 Å². The van der Waals surface area contributed by atoms with Gasteiger partial charge in [-0.25, -0.2) is 0 Å². The van der Waals surface area contributed by atoms with Crippen LogP contribution >= 0.6 is 0 Å². The van der Waals surface area contributed by atoms with Gasteiger partial charge in [0.1, 0.15) is 13.2 Å². The molecule has 0 aromatic rings. The highest BCUT2D eigenvalue weighted by atomic mass is 16.6. The summed E-state index contributed by atoms with van der Waals surface area (Å²) in [6, 6.07) is 0. The number of carbonyl (C=O) groups is 3. The average Bonchev–Trinajstić information content (AvgIpc) is 3.12. The van der Waals surface area contributed by atoms with Gasteiger partial charge in [-0.15, -0.1) is 0 Å². The Labute approximate surface area is 315 Å². The largest absolute Gasteiger partial charge is 0.462 e. The third kappa shape index (κ3) is 38.7. The zero-order valence-corrected chi connectivity index (χ0v) is 33.6. The summed E-state index contributed by atoms with van der Waals surface area (Å²) in [6.45, 7) is 6.43. The Bertz CT molecular complexity index is 876. The van der Waals surface area contributed by atoms with E-state index in [0.29, 0.717) is 19.3 Å². The van der Waals surface area contributed by atoms with Crippen LogP contribution in [0.2, 0.25) is 0 Å². The lowest BCUT2D eigenvalue weighted by Crippen LogP contribution is -2.30. The van der Waals surface area contributed by atoms with Gasteiger partial charge in [-0.3, -0.25) is 14.4 Å². The van der Waals surface area contributed by atoms with Crippen molar-refractivity contribution in [2.24, 2.45) is 0 Å². The lowest BCUT2D eigenvalue weighted by Gasteiger charge is -2.18. The molecule has 0 aromatic heterocycles. The molecule has 51 heavy (non-hydrogen) atoms. The van der Waals surface area contributed by atoms with E-state index in [9.17, 15) is 14.4 Å². The molecular formula is C45H80O6. The molecule has 0 saturated carbocycles. The lowest BCUT2D eigenvalue weighted by molar-refractivity contribution is -0.167. The molecule has 0 aliphatic rings. The first kappa shape index (κ1) is 48.6. The van der Waals surface area contributed by atoms with E-state index in [1.165, 1.54) is 77.0 Å². The molecule has 0 aromatic carbocycles. The van der Waals surface area contributed by atoms with Gasteiger partial charge in [0.05, 0.1) is 0 Å². The first-order chi connectivity index (χ1) is 25.0. The molecule has 0 aliphatic carbocycles. The monoisotopic (exact) mass is 717 g/mol. The first-order valence-corrected chi connectivity index (χ1v) is 21.5. The van der Waals surface area contributed by atoms with Gasteiger partial charge in [0.15, 0.2) is 6.10 Å². The molecule has 0 amide bonds. The Morgan fingerprint density at radius 3 is 1.10 bits per heavy atom. The van der Waals surface area contributed by atoms with Gasteiger partial charge in [0.25, 0.3) is 0 Å². The fourth-order valence-corrected chi connectivity index (χ4v) is 5.86. The van der Waals surface area contributed by atoms with E-state index in [1.54, 1.807) is 0 Å². The van der Waals surface area contributed by atoms with Crippen molar-refractivity contribution in [3.63, 3.8) is 0 Å². The van der Waals surface area contributed by atoms with E-state index in [1.807, 2.05) is 0 Å². The summed E-state index contributed by atoms with van der Waals surface area (Å²) in [5.41, 5.74) is 0. The van der Waals surface area contributed by atoms with Crippen LogP contribution in [0.15, 0.2) is 36.5 Å². The van der Waals surface area contributed by atoms with Gasteiger partial charge in [-0.05, 0) is 57.8 Å². The number of ether oxygens (including phenoxy) is 3. The van der Waals surface area contributed by atoms with E-state index in [2.05, 4.69) is 57.2 Å². The molecule has 0 radical (unpaired) electrons. The van der Waals surface area contributed by atoms with Crippen molar-refractivity contribution >= 4 is 17.9 Å². The number of unbranched alkanes of at least 4 members (excludes halogenated alkanes) is 21. The molecule has 1 atom stereocenters. The number of allylic oxidation sites excluding steroid dienone is 6. The number of rotatable bonds is 38. The van der Waals surface area contributed by atoms with Crippen LogP contribution in [0.4, 0.5) is 0 Å². The second-order valence-electron chi connectivity index (χ2n) is 14.3. The van der Waals surface area contributed by atoms with E-state index in [-0.39, 0.29) is 31.1 Å². The van der Waals surface area contributed by atoms with Gasteiger partial charge in [0.2, 0.25) is 0 Å². The van der Waals surface area contributed by atoms with Crippen molar-refractivity contribution in [3.05, 3.63) is 36.5 Å². The van der Waals surface area contributed by atoms with Gasteiger partial charge in [-0.1, -0.05) is 173 Å². The van der Waals surface area contributed by atoms with Crippen molar-refractivity contribution in [3.8, 4) is 0 Å². The molecule has 0 heterocycles. The molecule has 0 saturated heterocycles. The number of carbonyl (C=O) groups excluding carboxylic acids is 3. The SMILES string of the molecule is CCCCCCC/C=C\C/C=C\C/C=C\CCCCCCCCCCC(=O)OCC(COC(=O)CCCCCCC)OC(=O)CCCCCCC. The summed E-state index contributed by atoms with van der Waals surface area (Å²) in [6.07, 6.45) is 44.9. The molecule has 6 heteroatoms. The summed E-state index contributed by atoms with van der Waals surface area (Å²) in [4.78, 5) is 37.0. The summed E-state index contributed by atoms with van der Waals surface area (Å²) in [5.74, 6) is -0.914. The Morgan fingerprint density at radius 1 is 0.392 bits per heavy atom. The van der Waals surface area contributed by atoms with E-state index in [4.69, 9.17) is 14.2 Å². The summed E-state index contributed by atoms with van der Waals surface area (Å²) in [5, 5.41) is 0. The topological polar surface area (TPSA) is 78.9 Å². The van der Waals surface area contributed by atoms with Crippen molar-refractivity contribution in [2.75, 3.05) is 13.2 Å². The molecule has 0 aliphatic heterocycles. The van der Waals surface area contributed by atoms with Crippen LogP contribution in [0.5, 0.6) is 0 Å². The Hall–Kier alpha value is -2.37. The maximum Gasteiger partial charge on any atom is 0.306 e. The molecule has 1 unspecified atom stereocenters. The Balaban J connectivity index is 3.99. The highest BCUT2D eigenvalue weighted by Crippen LogP contribution is 2.13. The maximum absolute atomic E-state index is 12.4. The van der Waals surface area contributed by atoms with Gasteiger partial charge >= 0.3 is 17.9 Å². The summed E-state index contributed by atoms with van der Waals surface area (Å²) >= 11 is 0. The van der Waals surface area contributed by atoms with Gasteiger partial charge in [-0.2, -0.15) is 0 Å². The van der Waals surface area contributed by atoms with E-state index < -0.39 is 6.10 Å². The van der Waals surface area contributed by atoms with Crippen LogP contribution in [0.25, 0.3) is 0 Å². The molecule has 296 valence electrons. The first-order valence-electron chi connectivity index (χ1n) is 21.5. The van der Waals surface area contributed by atoms with Crippen LogP contribution in [0.3, 0.4) is 0 Å². The smallest absolute Gasteiger partial charge is 0.306 e. The molecule has 0 spiro atoms. The molecule has 0 bridgehead atoms. The van der Waals surface area contributed by atoms with Crippen LogP contribution in [-0.4, -0.2) is 37.2 Å². The summed E-state index contributed by atoms with van der Waals surface area (Å²) < 4.78 is 16.4. The summed E-state index contributed by atoms with van der Waals surface area (Å²) in [7, 11) is 0. The molecule has 0 N–H and O–H groups in total. The molecule has 0 rings (SSSR count). The Kier molecular flexibility index (Phi) is 38.5.